The summed E-state index contributed by atoms with van der Waals surface area (Å²) in [5, 5.41) is 9.56. The highest BCUT2D eigenvalue weighted by Gasteiger charge is 2.30. The number of carbonyl (C=O) groups is 1. The lowest BCUT2D eigenvalue weighted by molar-refractivity contribution is -0.122. The first kappa shape index (κ1) is 17.5. The van der Waals surface area contributed by atoms with Crippen LogP contribution in [0.5, 0.6) is 0 Å². The molecule has 4 unspecified atom stereocenters. The Morgan fingerprint density at radius 3 is 2.45 bits per heavy atom. The van der Waals surface area contributed by atoms with E-state index in [9.17, 15) is 9.90 Å². The van der Waals surface area contributed by atoms with Crippen molar-refractivity contribution in [2.24, 2.45) is 29.4 Å². The topological polar surface area (TPSA) is 63.3 Å². The molecule has 0 aromatic rings. The fourth-order valence-electron chi connectivity index (χ4n) is 3.88. The van der Waals surface area contributed by atoms with Crippen molar-refractivity contribution in [1.82, 2.24) is 0 Å². The smallest absolute Gasteiger partial charge is 0.220 e. The van der Waals surface area contributed by atoms with Gasteiger partial charge in [0.1, 0.15) is 0 Å². The Bertz CT molecular complexity index is 280. The monoisotopic (exact) mass is 283 g/mol. The lowest BCUT2D eigenvalue weighted by Crippen LogP contribution is -2.29. The Labute approximate surface area is 124 Å². The van der Waals surface area contributed by atoms with Crippen LogP contribution in [0.4, 0.5) is 0 Å². The summed E-state index contributed by atoms with van der Waals surface area (Å²) in [5.74, 6) is 1.74. The highest BCUT2D eigenvalue weighted by Crippen LogP contribution is 2.39. The molecule has 1 amide bonds. The van der Waals surface area contributed by atoms with Crippen molar-refractivity contribution < 1.29 is 9.90 Å². The van der Waals surface area contributed by atoms with Crippen LogP contribution in [0.2, 0.25) is 0 Å². The Hall–Kier alpha value is -0.570. The second kappa shape index (κ2) is 9.38. The van der Waals surface area contributed by atoms with Crippen LogP contribution in [-0.2, 0) is 4.79 Å². The van der Waals surface area contributed by atoms with Crippen molar-refractivity contribution in [3.05, 3.63) is 0 Å². The third-order valence-corrected chi connectivity index (χ3v) is 5.11. The molecule has 0 aromatic heterocycles. The molecule has 4 atom stereocenters. The maximum absolute atomic E-state index is 11.5. The van der Waals surface area contributed by atoms with E-state index < -0.39 is 0 Å². The molecule has 0 spiro atoms. The summed E-state index contributed by atoms with van der Waals surface area (Å²) in [7, 11) is 0. The van der Waals surface area contributed by atoms with Crippen LogP contribution < -0.4 is 5.73 Å². The van der Waals surface area contributed by atoms with E-state index in [4.69, 9.17) is 5.73 Å². The normalized spacial score (nSPS) is 28.2. The van der Waals surface area contributed by atoms with Gasteiger partial charge < -0.3 is 10.8 Å². The molecule has 0 aromatic carbocycles. The standard InChI is InChI=1S/C17H33NO2/c1-3-5-13-7-8-16(12-19)15(11-13)10-9-14(6-4-2)17(18)20/h13-16,19H,3-12H2,1-2H3,(H2,18,20). The largest absolute Gasteiger partial charge is 0.396 e. The third kappa shape index (κ3) is 5.43. The molecular formula is C17H33NO2. The number of carbonyl (C=O) groups excluding carboxylic acids is 1. The van der Waals surface area contributed by atoms with Crippen LogP contribution in [0.1, 0.15) is 71.6 Å². The first-order valence-electron chi connectivity index (χ1n) is 8.52. The van der Waals surface area contributed by atoms with Gasteiger partial charge in [-0.1, -0.05) is 39.5 Å². The summed E-state index contributed by atoms with van der Waals surface area (Å²) < 4.78 is 0. The number of amides is 1. The van der Waals surface area contributed by atoms with Crippen LogP contribution in [0.25, 0.3) is 0 Å². The number of aliphatic hydroxyl groups excluding tert-OH is 1. The van der Waals surface area contributed by atoms with Gasteiger partial charge in [0.15, 0.2) is 0 Å². The summed E-state index contributed by atoms with van der Waals surface area (Å²) >= 11 is 0. The van der Waals surface area contributed by atoms with E-state index >= 15 is 0 Å². The zero-order valence-electron chi connectivity index (χ0n) is 13.3. The van der Waals surface area contributed by atoms with Gasteiger partial charge in [0, 0.05) is 12.5 Å². The SMILES string of the molecule is CCCC1CCC(CO)C(CCC(CCC)C(N)=O)C1. The minimum atomic E-state index is -0.145. The van der Waals surface area contributed by atoms with Crippen molar-refractivity contribution in [2.45, 2.75) is 71.6 Å². The van der Waals surface area contributed by atoms with E-state index in [0.717, 1.165) is 38.0 Å². The maximum atomic E-state index is 11.5. The van der Waals surface area contributed by atoms with Gasteiger partial charge in [0.2, 0.25) is 5.91 Å². The Morgan fingerprint density at radius 2 is 1.90 bits per heavy atom. The quantitative estimate of drug-likeness (QED) is 0.680. The number of aliphatic hydroxyl groups is 1. The van der Waals surface area contributed by atoms with Crippen LogP contribution in [-0.4, -0.2) is 17.6 Å². The molecule has 1 fully saturated rings. The molecule has 20 heavy (non-hydrogen) atoms. The average Bonchev–Trinajstić information content (AvgIpc) is 2.43. The molecule has 0 radical (unpaired) electrons. The lowest BCUT2D eigenvalue weighted by atomic mass is 9.70. The van der Waals surface area contributed by atoms with Gasteiger partial charge in [-0.05, 0) is 49.9 Å². The highest BCUT2D eigenvalue weighted by atomic mass is 16.3. The summed E-state index contributed by atoms with van der Waals surface area (Å²) in [6.07, 6.45) is 10.1. The molecule has 3 N–H and O–H groups in total. The van der Waals surface area contributed by atoms with Gasteiger partial charge in [-0.3, -0.25) is 4.79 Å². The van der Waals surface area contributed by atoms with Gasteiger partial charge in [0.25, 0.3) is 0 Å². The molecule has 1 aliphatic rings. The molecular weight excluding hydrogens is 250 g/mol. The summed E-state index contributed by atoms with van der Waals surface area (Å²) in [4.78, 5) is 11.5. The molecule has 0 aliphatic heterocycles. The van der Waals surface area contributed by atoms with E-state index in [1.807, 2.05) is 0 Å². The summed E-state index contributed by atoms with van der Waals surface area (Å²) in [6, 6.07) is 0. The zero-order valence-corrected chi connectivity index (χ0v) is 13.3. The number of rotatable bonds is 9. The number of primary amides is 1. The first-order valence-corrected chi connectivity index (χ1v) is 8.52. The maximum Gasteiger partial charge on any atom is 0.220 e. The molecule has 3 nitrogen and oxygen atoms in total. The average molecular weight is 283 g/mol. The second-order valence-electron chi connectivity index (χ2n) is 6.64. The predicted molar refractivity (Wildman–Crippen MR) is 83.1 cm³/mol. The summed E-state index contributed by atoms with van der Waals surface area (Å²) in [6.45, 7) is 4.65. The zero-order chi connectivity index (χ0) is 15.0. The van der Waals surface area contributed by atoms with E-state index in [-0.39, 0.29) is 11.8 Å². The molecule has 1 saturated carbocycles. The van der Waals surface area contributed by atoms with Gasteiger partial charge in [-0.2, -0.15) is 0 Å². The first-order chi connectivity index (χ1) is 9.62. The van der Waals surface area contributed by atoms with Crippen LogP contribution >= 0.6 is 0 Å². The summed E-state index contributed by atoms with van der Waals surface area (Å²) in [5.41, 5.74) is 5.49. The minimum absolute atomic E-state index is 0.0332. The van der Waals surface area contributed by atoms with E-state index in [0.29, 0.717) is 18.4 Å². The molecule has 3 heteroatoms. The minimum Gasteiger partial charge on any atom is -0.396 e. The van der Waals surface area contributed by atoms with Gasteiger partial charge in [-0.15, -0.1) is 0 Å². The van der Waals surface area contributed by atoms with Crippen molar-refractivity contribution in [1.29, 1.82) is 0 Å². The fourth-order valence-corrected chi connectivity index (χ4v) is 3.88. The molecule has 1 rings (SSSR count). The molecule has 0 bridgehead atoms. The number of hydrogen-bond donors (Lipinski definition) is 2. The van der Waals surface area contributed by atoms with Crippen LogP contribution in [0.15, 0.2) is 0 Å². The Balaban J connectivity index is 2.49. The van der Waals surface area contributed by atoms with Crippen molar-refractivity contribution >= 4 is 5.91 Å². The highest BCUT2D eigenvalue weighted by molar-refractivity contribution is 5.76. The third-order valence-electron chi connectivity index (χ3n) is 5.11. The van der Waals surface area contributed by atoms with Gasteiger partial charge in [0.05, 0.1) is 0 Å². The fraction of sp³-hybridized carbons (Fsp3) is 0.941. The Kier molecular flexibility index (Phi) is 8.20. The second-order valence-corrected chi connectivity index (χ2v) is 6.64. The van der Waals surface area contributed by atoms with E-state index in [2.05, 4.69) is 13.8 Å². The van der Waals surface area contributed by atoms with Crippen LogP contribution in [0, 0.1) is 23.7 Å². The van der Waals surface area contributed by atoms with Gasteiger partial charge >= 0.3 is 0 Å². The van der Waals surface area contributed by atoms with E-state index in [1.165, 1.54) is 25.7 Å². The molecule has 118 valence electrons. The molecule has 0 saturated heterocycles. The Morgan fingerprint density at radius 1 is 1.15 bits per heavy atom. The van der Waals surface area contributed by atoms with Gasteiger partial charge in [-0.25, -0.2) is 0 Å². The number of nitrogens with two attached hydrogens (primary N) is 1. The molecule has 0 heterocycles. The molecule has 1 aliphatic carbocycles. The number of hydrogen-bond acceptors (Lipinski definition) is 2. The van der Waals surface area contributed by atoms with Crippen LogP contribution in [0.3, 0.4) is 0 Å². The van der Waals surface area contributed by atoms with Crippen molar-refractivity contribution in [3.63, 3.8) is 0 Å². The van der Waals surface area contributed by atoms with E-state index in [1.54, 1.807) is 0 Å². The lowest BCUT2D eigenvalue weighted by Gasteiger charge is -2.36. The predicted octanol–water partition coefficient (Wildman–Crippen LogP) is 3.49. The van der Waals surface area contributed by atoms with Crippen molar-refractivity contribution in [3.8, 4) is 0 Å². The van der Waals surface area contributed by atoms with Crippen molar-refractivity contribution in [2.75, 3.05) is 6.61 Å².